The van der Waals surface area contributed by atoms with Gasteiger partial charge < -0.3 is 14.2 Å². The van der Waals surface area contributed by atoms with Crippen molar-refractivity contribution in [3.05, 3.63) is 39.6 Å². The predicted molar refractivity (Wildman–Crippen MR) is 104 cm³/mol. The number of carbonyl (C=O) groups excluding carboxylic acids is 2. The number of hydrogen-bond donors (Lipinski definition) is 2. The molecule has 0 atom stereocenters. The first-order valence-corrected chi connectivity index (χ1v) is 9.55. The van der Waals surface area contributed by atoms with E-state index in [1.807, 2.05) is 33.8 Å². The van der Waals surface area contributed by atoms with Crippen LogP contribution in [0.2, 0.25) is 0 Å². The smallest absolute Gasteiger partial charge is 0.279 e. The van der Waals surface area contributed by atoms with Crippen molar-refractivity contribution in [2.24, 2.45) is 0 Å². The van der Waals surface area contributed by atoms with Gasteiger partial charge in [0.2, 0.25) is 5.75 Å². The zero-order valence-corrected chi connectivity index (χ0v) is 16.7. The number of thiophene rings is 1. The molecule has 1 heterocycles. The monoisotopic (exact) mass is 392 g/mol. The number of hydrazine groups is 1. The number of nitrogens with one attached hydrogen (secondary N) is 2. The lowest BCUT2D eigenvalue weighted by Gasteiger charge is -2.17. The second kappa shape index (κ2) is 9.82. The van der Waals surface area contributed by atoms with E-state index in [4.69, 9.17) is 14.2 Å². The topological polar surface area (TPSA) is 85.9 Å². The van der Waals surface area contributed by atoms with Crippen LogP contribution in [0.25, 0.3) is 0 Å². The number of amides is 2. The normalized spacial score (nSPS) is 10.2. The van der Waals surface area contributed by atoms with E-state index in [1.165, 1.54) is 11.3 Å². The molecule has 1 aromatic heterocycles. The highest BCUT2D eigenvalue weighted by Gasteiger charge is 2.19. The van der Waals surface area contributed by atoms with E-state index in [9.17, 15) is 9.59 Å². The molecular weight excluding hydrogens is 368 g/mol. The van der Waals surface area contributed by atoms with Gasteiger partial charge in [-0.1, -0.05) is 0 Å². The van der Waals surface area contributed by atoms with Gasteiger partial charge in [0.25, 0.3) is 11.8 Å². The minimum atomic E-state index is -0.485. The standard InChI is InChI=1S/C19H24N2O5S/c1-5-24-14-10-13(11-15(25-6-2)17(14)26-7-3)18(22)20-21-19(23)16-9-8-12(4)27-16/h8-11H,5-7H2,1-4H3,(H,20,22)(H,21,23). The number of hydrogen-bond acceptors (Lipinski definition) is 6. The zero-order chi connectivity index (χ0) is 19.8. The molecule has 27 heavy (non-hydrogen) atoms. The van der Waals surface area contributed by atoms with Crippen molar-refractivity contribution in [2.75, 3.05) is 19.8 Å². The van der Waals surface area contributed by atoms with Gasteiger partial charge in [-0.2, -0.15) is 0 Å². The van der Waals surface area contributed by atoms with Crippen LogP contribution < -0.4 is 25.1 Å². The summed E-state index contributed by atoms with van der Waals surface area (Å²) in [6, 6.07) is 6.68. The van der Waals surface area contributed by atoms with Gasteiger partial charge in [0, 0.05) is 10.4 Å². The van der Waals surface area contributed by atoms with Gasteiger partial charge in [0.05, 0.1) is 24.7 Å². The Bertz CT molecular complexity index is 776. The molecule has 0 radical (unpaired) electrons. The number of rotatable bonds is 8. The first-order chi connectivity index (χ1) is 13.0. The number of benzene rings is 1. The van der Waals surface area contributed by atoms with E-state index in [2.05, 4.69) is 10.9 Å². The van der Waals surface area contributed by atoms with Crippen molar-refractivity contribution in [3.8, 4) is 17.2 Å². The van der Waals surface area contributed by atoms with Crippen LogP contribution in [0.5, 0.6) is 17.2 Å². The van der Waals surface area contributed by atoms with Crippen LogP contribution >= 0.6 is 11.3 Å². The minimum Gasteiger partial charge on any atom is -0.490 e. The van der Waals surface area contributed by atoms with Gasteiger partial charge in [0.1, 0.15) is 0 Å². The van der Waals surface area contributed by atoms with E-state index in [0.29, 0.717) is 41.9 Å². The van der Waals surface area contributed by atoms with Crippen molar-refractivity contribution in [2.45, 2.75) is 27.7 Å². The summed E-state index contributed by atoms with van der Waals surface area (Å²) in [4.78, 5) is 26.1. The second-order valence-electron chi connectivity index (χ2n) is 5.42. The molecule has 2 N–H and O–H groups in total. The third-order valence-electron chi connectivity index (χ3n) is 3.43. The first-order valence-electron chi connectivity index (χ1n) is 8.73. The second-order valence-corrected chi connectivity index (χ2v) is 6.71. The first kappa shape index (κ1) is 20.6. The molecule has 0 spiro atoms. The molecule has 8 heteroatoms. The van der Waals surface area contributed by atoms with Crippen LogP contribution in [-0.2, 0) is 0 Å². The third-order valence-corrected chi connectivity index (χ3v) is 4.42. The Morgan fingerprint density at radius 1 is 0.889 bits per heavy atom. The molecule has 146 valence electrons. The Labute approximate surface area is 162 Å². The molecule has 0 bridgehead atoms. The molecule has 0 aliphatic heterocycles. The fourth-order valence-electron chi connectivity index (χ4n) is 2.32. The Kier molecular flexibility index (Phi) is 7.48. The Morgan fingerprint density at radius 2 is 1.44 bits per heavy atom. The quantitative estimate of drug-likeness (QED) is 0.673. The van der Waals surface area contributed by atoms with Gasteiger partial charge in [-0.05, 0) is 52.0 Å². The van der Waals surface area contributed by atoms with E-state index < -0.39 is 5.91 Å². The summed E-state index contributed by atoms with van der Waals surface area (Å²) in [5, 5.41) is 0. The van der Waals surface area contributed by atoms with Gasteiger partial charge in [-0.25, -0.2) is 0 Å². The summed E-state index contributed by atoms with van der Waals surface area (Å²) in [7, 11) is 0. The lowest BCUT2D eigenvalue weighted by molar-refractivity contribution is 0.0848. The number of carbonyl (C=O) groups is 2. The Morgan fingerprint density at radius 3 is 1.93 bits per heavy atom. The molecule has 2 rings (SSSR count). The average Bonchev–Trinajstić information content (AvgIpc) is 3.08. The number of ether oxygens (including phenoxy) is 3. The zero-order valence-electron chi connectivity index (χ0n) is 15.9. The molecule has 2 amide bonds. The SMILES string of the molecule is CCOc1cc(C(=O)NNC(=O)c2ccc(C)s2)cc(OCC)c1OCC. The van der Waals surface area contributed by atoms with E-state index in [1.54, 1.807) is 18.2 Å². The molecular formula is C19H24N2O5S. The largest absolute Gasteiger partial charge is 0.490 e. The van der Waals surface area contributed by atoms with E-state index in [0.717, 1.165) is 4.88 Å². The highest BCUT2D eigenvalue weighted by Crippen LogP contribution is 2.39. The maximum Gasteiger partial charge on any atom is 0.279 e. The molecule has 0 unspecified atom stereocenters. The van der Waals surface area contributed by atoms with E-state index >= 15 is 0 Å². The van der Waals surface area contributed by atoms with Crippen molar-refractivity contribution in [3.63, 3.8) is 0 Å². The van der Waals surface area contributed by atoms with Gasteiger partial charge in [0.15, 0.2) is 11.5 Å². The molecule has 0 saturated carbocycles. The van der Waals surface area contributed by atoms with Gasteiger partial charge >= 0.3 is 0 Å². The van der Waals surface area contributed by atoms with Crippen LogP contribution in [0.3, 0.4) is 0 Å². The van der Waals surface area contributed by atoms with Crippen LogP contribution in [0.15, 0.2) is 24.3 Å². The molecule has 0 fully saturated rings. The summed E-state index contributed by atoms with van der Waals surface area (Å²) >= 11 is 1.35. The summed E-state index contributed by atoms with van der Waals surface area (Å²) in [5.41, 5.74) is 5.11. The summed E-state index contributed by atoms with van der Waals surface area (Å²) < 4.78 is 16.8. The van der Waals surface area contributed by atoms with Gasteiger partial charge in [-0.3, -0.25) is 20.4 Å². The summed E-state index contributed by atoms with van der Waals surface area (Å²) in [6.45, 7) is 8.69. The summed E-state index contributed by atoms with van der Waals surface area (Å²) in [5.74, 6) is 0.422. The Hall–Kier alpha value is -2.74. The lowest BCUT2D eigenvalue weighted by Crippen LogP contribution is -2.41. The van der Waals surface area contributed by atoms with Crippen molar-refractivity contribution in [1.82, 2.24) is 10.9 Å². The maximum absolute atomic E-state index is 12.5. The van der Waals surface area contributed by atoms with Crippen molar-refractivity contribution >= 4 is 23.2 Å². The van der Waals surface area contributed by atoms with Crippen LogP contribution in [0, 0.1) is 6.92 Å². The molecule has 0 saturated heterocycles. The van der Waals surface area contributed by atoms with Crippen LogP contribution in [-0.4, -0.2) is 31.6 Å². The Balaban J connectivity index is 2.19. The molecule has 0 aliphatic carbocycles. The number of aryl methyl sites for hydroxylation is 1. The molecule has 7 nitrogen and oxygen atoms in total. The summed E-state index contributed by atoms with van der Waals surface area (Å²) in [6.07, 6.45) is 0. The predicted octanol–water partition coefficient (Wildman–Crippen LogP) is 3.33. The van der Waals surface area contributed by atoms with Gasteiger partial charge in [-0.15, -0.1) is 11.3 Å². The average molecular weight is 392 g/mol. The lowest BCUT2D eigenvalue weighted by atomic mass is 10.1. The molecule has 0 aliphatic rings. The molecule has 2 aromatic rings. The minimum absolute atomic E-state index is 0.285. The van der Waals surface area contributed by atoms with Crippen LogP contribution in [0.1, 0.15) is 45.7 Å². The maximum atomic E-state index is 12.5. The fourth-order valence-corrected chi connectivity index (χ4v) is 3.09. The molecule has 1 aromatic carbocycles. The highest BCUT2D eigenvalue weighted by molar-refractivity contribution is 7.13. The van der Waals surface area contributed by atoms with Crippen LogP contribution in [0.4, 0.5) is 0 Å². The van der Waals surface area contributed by atoms with E-state index in [-0.39, 0.29) is 11.5 Å². The third kappa shape index (κ3) is 5.37. The highest BCUT2D eigenvalue weighted by atomic mass is 32.1. The fraction of sp³-hybridized carbons (Fsp3) is 0.368. The van der Waals surface area contributed by atoms with Crippen molar-refractivity contribution in [1.29, 1.82) is 0 Å². The van der Waals surface area contributed by atoms with Crippen molar-refractivity contribution < 1.29 is 23.8 Å².